The molecule has 7 heteroatoms. The maximum absolute atomic E-state index is 13.2. The van der Waals surface area contributed by atoms with Crippen molar-refractivity contribution in [1.29, 1.82) is 0 Å². The highest BCUT2D eigenvalue weighted by Crippen LogP contribution is 2.17. The molecule has 0 spiro atoms. The number of hydrogen-bond donors (Lipinski definition) is 0. The second kappa shape index (κ2) is 5.59. The Morgan fingerprint density at radius 2 is 2.10 bits per heavy atom. The number of tetrazole rings is 1. The van der Waals surface area contributed by atoms with Crippen molar-refractivity contribution in [3.05, 3.63) is 29.6 Å². The average Bonchev–Trinajstić information content (AvgIpc) is 2.78. The summed E-state index contributed by atoms with van der Waals surface area (Å²) in [7, 11) is 0. The first-order valence-electron chi connectivity index (χ1n) is 6.51. The lowest BCUT2D eigenvalue weighted by molar-refractivity contribution is -0.156. The molecule has 0 aliphatic carbocycles. The van der Waals surface area contributed by atoms with Crippen LogP contribution < -0.4 is 0 Å². The molecule has 0 aliphatic rings. The minimum absolute atomic E-state index is 0.121. The van der Waals surface area contributed by atoms with Gasteiger partial charge in [0, 0.05) is 5.56 Å². The third-order valence-electron chi connectivity index (χ3n) is 2.56. The second-order valence-corrected chi connectivity index (χ2v) is 5.69. The van der Waals surface area contributed by atoms with E-state index in [2.05, 4.69) is 15.4 Å². The smallest absolute Gasteiger partial charge is 0.330 e. The van der Waals surface area contributed by atoms with Crippen molar-refractivity contribution in [2.24, 2.45) is 0 Å². The highest BCUT2D eigenvalue weighted by atomic mass is 19.1. The molecule has 0 saturated heterocycles. The van der Waals surface area contributed by atoms with Crippen LogP contribution in [0, 0.1) is 12.7 Å². The fraction of sp³-hybridized carbons (Fsp3) is 0.429. The maximum Gasteiger partial charge on any atom is 0.330 e. The summed E-state index contributed by atoms with van der Waals surface area (Å²) in [5.41, 5.74) is 0.578. The van der Waals surface area contributed by atoms with E-state index in [-0.39, 0.29) is 12.4 Å². The predicted molar refractivity (Wildman–Crippen MR) is 73.8 cm³/mol. The lowest BCUT2D eigenvalue weighted by Gasteiger charge is -2.18. The molecule has 1 aromatic carbocycles. The molecule has 0 saturated carbocycles. The Balaban J connectivity index is 2.11. The molecule has 1 aromatic heterocycles. The molecule has 0 bridgehead atoms. The lowest BCUT2D eigenvalue weighted by Crippen LogP contribution is -2.27. The molecule has 0 fully saturated rings. The molecular weight excluding hydrogens is 275 g/mol. The Morgan fingerprint density at radius 3 is 2.71 bits per heavy atom. The normalized spacial score (nSPS) is 11.5. The standard InChI is InChI=1S/C14H17FN4O2/c1-9-7-10(5-6-11(9)15)13-16-18-19(17-13)8-12(20)21-14(2,3)4/h5-7H,8H2,1-4H3. The molecule has 0 aliphatic heterocycles. The summed E-state index contributed by atoms with van der Waals surface area (Å²) in [5, 5.41) is 11.7. The lowest BCUT2D eigenvalue weighted by atomic mass is 10.1. The van der Waals surface area contributed by atoms with Gasteiger partial charge in [0.2, 0.25) is 5.82 Å². The van der Waals surface area contributed by atoms with Crippen LogP contribution in [0.2, 0.25) is 0 Å². The molecule has 0 N–H and O–H groups in total. The topological polar surface area (TPSA) is 69.9 Å². The van der Waals surface area contributed by atoms with Crippen molar-refractivity contribution in [3.8, 4) is 11.4 Å². The van der Waals surface area contributed by atoms with Crippen molar-refractivity contribution < 1.29 is 13.9 Å². The van der Waals surface area contributed by atoms with Gasteiger partial charge in [0.1, 0.15) is 11.4 Å². The van der Waals surface area contributed by atoms with Gasteiger partial charge in [-0.3, -0.25) is 0 Å². The first-order chi connectivity index (χ1) is 9.74. The number of esters is 1. The monoisotopic (exact) mass is 292 g/mol. The Morgan fingerprint density at radius 1 is 1.38 bits per heavy atom. The number of rotatable bonds is 3. The van der Waals surface area contributed by atoms with Crippen LogP contribution in [0.15, 0.2) is 18.2 Å². The fourth-order valence-corrected chi connectivity index (χ4v) is 1.70. The number of nitrogens with zero attached hydrogens (tertiary/aromatic N) is 4. The van der Waals surface area contributed by atoms with Crippen LogP contribution >= 0.6 is 0 Å². The molecule has 0 unspecified atom stereocenters. The number of hydrogen-bond acceptors (Lipinski definition) is 5. The highest BCUT2D eigenvalue weighted by molar-refractivity contribution is 5.69. The van der Waals surface area contributed by atoms with Crippen molar-refractivity contribution in [1.82, 2.24) is 20.2 Å². The molecule has 112 valence electrons. The van der Waals surface area contributed by atoms with Gasteiger partial charge in [0.25, 0.3) is 0 Å². The number of carbonyl (C=O) groups excluding carboxylic acids is 1. The number of aromatic nitrogens is 4. The average molecular weight is 292 g/mol. The quantitative estimate of drug-likeness (QED) is 0.810. The number of carbonyl (C=O) groups is 1. The summed E-state index contributed by atoms with van der Waals surface area (Å²) in [4.78, 5) is 12.8. The van der Waals surface area contributed by atoms with E-state index in [1.807, 2.05) is 0 Å². The van der Waals surface area contributed by atoms with Gasteiger partial charge in [-0.1, -0.05) is 0 Å². The zero-order valence-corrected chi connectivity index (χ0v) is 12.4. The van der Waals surface area contributed by atoms with E-state index in [1.165, 1.54) is 6.07 Å². The minimum Gasteiger partial charge on any atom is -0.459 e. The van der Waals surface area contributed by atoms with E-state index in [4.69, 9.17) is 4.74 Å². The van der Waals surface area contributed by atoms with E-state index in [1.54, 1.807) is 39.8 Å². The third kappa shape index (κ3) is 4.08. The molecule has 2 aromatic rings. The fourth-order valence-electron chi connectivity index (χ4n) is 1.70. The van der Waals surface area contributed by atoms with Crippen LogP contribution in [0.3, 0.4) is 0 Å². The molecule has 1 heterocycles. The van der Waals surface area contributed by atoms with E-state index in [9.17, 15) is 9.18 Å². The van der Waals surface area contributed by atoms with Gasteiger partial charge in [-0.2, -0.15) is 4.80 Å². The molecular formula is C14H17FN4O2. The van der Waals surface area contributed by atoms with E-state index < -0.39 is 11.6 Å². The predicted octanol–water partition coefficient (Wildman–Crippen LogP) is 2.13. The summed E-state index contributed by atoms with van der Waals surface area (Å²) in [6.07, 6.45) is 0. The van der Waals surface area contributed by atoms with Gasteiger partial charge in [-0.05, 0) is 56.7 Å². The summed E-state index contributed by atoms with van der Waals surface area (Å²) in [5.74, 6) is -0.400. The first kappa shape index (κ1) is 15.1. The first-order valence-corrected chi connectivity index (χ1v) is 6.51. The zero-order valence-electron chi connectivity index (χ0n) is 12.4. The number of aryl methyl sites for hydroxylation is 1. The number of benzene rings is 1. The Labute approximate surface area is 121 Å². The van der Waals surface area contributed by atoms with Gasteiger partial charge in [-0.15, -0.1) is 10.2 Å². The summed E-state index contributed by atoms with van der Waals surface area (Å²) in [6, 6.07) is 4.54. The van der Waals surface area contributed by atoms with Gasteiger partial charge in [-0.25, -0.2) is 9.18 Å². The third-order valence-corrected chi connectivity index (χ3v) is 2.56. The number of ether oxygens (including phenoxy) is 1. The van der Waals surface area contributed by atoms with Gasteiger partial charge >= 0.3 is 5.97 Å². The van der Waals surface area contributed by atoms with E-state index in [0.717, 1.165) is 4.80 Å². The highest BCUT2D eigenvalue weighted by Gasteiger charge is 2.18. The van der Waals surface area contributed by atoms with Crippen molar-refractivity contribution in [3.63, 3.8) is 0 Å². The van der Waals surface area contributed by atoms with Crippen LogP contribution in [0.4, 0.5) is 4.39 Å². The molecule has 0 amide bonds. The second-order valence-electron chi connectivity index (χ2n) is 5.69. The Bertz CT molecular complexity index is 661. The van der Waals surface area contributed by atoms with Crippen LogP contribution in [-0.4, -0.2) is 31.8 Å². The van der Waals surface area contributed by atoms with Crippen LogP contribution in [0.5, 0.6) is 0 Å². The van der Waals surface area contributed by atoms with Gasteiger partial charge in [0.15, 0.2) is 6.54 Å². The Hall–Kier alpha value is -2.31. The molecule has 0 radical (unpaired) electrons. The van der Waals surface area contributed by atoms with Crippen molar-refractivity contribution in [2.75, 3.05) is 0 Å². The zero-order chi connectivity index (χ0) is 15.6. The van der Waals surface area contributed by atoms with E-state index in [0.29, 0.717) is 17.0 Å². The van der Waals surface area contributed by atoms with Crippen LogP contribution in [0.1, 0.15) is 26.3 Å². The number of halogens is 1. The maximum atomic E-state index is 13.2. The molecule has 6 nitrogen and oxygen atoms in total. The molecule has 2 rings (SSSR count). The van der Waals surface area contributed by atoms with Gasteiger partial charge < -0.3 is 4.74 Å². The summed E-state index contributed by atoms with van der Waals surface area (Å²) in [6.45, 7) is 6.89. The van der Waals surface area contributed by atoms with Crippen LogP contribution in [0.25, 0.3) is 11.4 Å². The van der Waals surface area contributed by atoms with Gasteiger partial charge in [0.05, 0.1) is 0 Å². The van der Waals surface area contributed by atoms with E-state index >= 15 is 0 Å². The minimum atomic E-state index is -0.561. The Kier molecular flexibility index (Phi) is 4.02. The SMILES string of the molecule is Cc1cc(-c2nnn(CC(=O)OC(C)(C)C)n2)ccc1F. The van der Waals surface area contributed by atoms with Crippen LogP contribution in [-0.2, 0) is 16.1 Å². The molecule has 21 heavy (non-hydrogen) atoms. The van der Waals surface area contributed by atoms with Crippen molar-refractivity contribution in [2.45, 2.75) is 39.8 Å². The summed E-state index contributed by atoms with van der Waals surface area (Å²) >= 11 is 0. The largest absolute Gasteiger partial charge is 0.459 e. The summed E-state index contributed by atoms with van der Waals surface area (Å²) < 4.78 is 18.4. The molecule has 0 atom stereocenters. The van der Waals surface area contributed by atoms with Crippen molar-refractivity contribution >= 4 is 5.97 Å².